The van der Waals surface area contributed by atoms with Crippen molar-refractivity contribution in [3.05, 3.63) is 184 Å². The lowest BCUT2D eigenvalue weighted by molar-refractivity contribution is 0.0700. The molecule has 5 aromatic rings. The monoisotopic (exact) mass is 609 g/mol. The molecule has 45 heavy (non-hydrogen) atoms. The summed E-state index contributed by atoms with van der Waals surface area (Å²) in [5.74, 6) is -1.97. The van der Waals surface area contributed by atoms with Crippen LogP contribution in [0.5, 0.6) is 0 Å². The normalized spacial score (nSPS) is 17.3. The summed E-state index contributed by atoms with van der Waals surface area (Å²) in [5.41, 5.74) is 0.669. The molecule has 0 aromatic heterocycles. The van der Waals surface area contributed by atoms with E-state index in [1.807, 2.05) is 48.5 Å². The van der Waals surface area contributed by atoms with Crippen LogP contribution in [-0.4, -0.2) is 28.8 Å². The highest BCUT2D eigenvalue weighted by atomic mass is 35.5. The fourth-order valence-electron chi connectivity index (χ4n) is 5.62. The molecule has 0 radical (unpaired) electrons. The van der Waals surface area contributed by atoms with Crippen LogP contribution in [0.3, 0.4) is 0 Å². The van der Waals surface area contributed by atoms with Crippen LogP contribution in [0, 0.1) is 0 Å². The number of halogens is 1. The molecular weight excluding hydrogens is 582 g/mol. The molecule has 0 N–H and O–H groups in total. The SMILES string of the molecule is C[C@@]1(N=C(C(=O)c2ccccc2)C(=O)c2ccccc2)OC(c2ccccc2)=C(C(=O)c2ccccc2)[C@H]1c1ccccc1Cl. The second-order valence-corrected chi connectivity index (χ2v) is 11.2. The minimum absolute atomic E-state index is 0.274. The van der Waals surface area contributed by atoms with Gasteiger partial charge in [0.1, 0.15) is 5.76 Å². The van der Waals surface area contributed by atoms with Crippen molar-refractivity contribution in [3.63, 3.8) is 0 Å². The first-order valence-corrected chi connectivity index (χ1v) is 14.9. The topological polar surface area (TPSA) is 72.8 Å². The van der Waals surface area contributed by atoms with Crippen molar-refractivity contribution < 1.29 is 19.1 Å². The maximum Gasteiger partial charge on any atom is 0.215 e. The molecule has 5 aromatic carbocycles. The fraction of sp³-hybridized carbons (Fsp3) is 0.0769. The molecule has 1 aliphatic heterocycles. The molecular formula is C39H28ClNO4. The zero-order chi connectivity index (χ0) is 31.4. The first kappa shape index (κ1) is 29.7. The smallest absolute Gasteiger partial charge is 0.215 e. The minimum atomic E-state index is -1.62. The molecule has 6 heteroatoms. The molecule has 1 aliphatic rings. The van der Waals surface area contributed by atoms with Crippen molar-refractivity contribution >= 4 is 40.4 Å². The van der Waals surface area contributed by atoms with Gasteiger partial charge in [-0.05, 0) is 18.6 Å². The number of hydrogen-bond acceptors (Lipinski definition) is 5. The molecule has 0 spiro atoms. The van der Waals surface area contributed by atoms with Crippen LogP contribution >= 0.6 is 11.6 Å². The zero-order valence-electron chi connectivity index (χ0n) is 24.4. The summed E-state index contributed by atoms with van der Waals surface area (Å²) in [4.78, 5) is 47.5. The molecule has 0 saturated carbocycles. The van der Waals surface area contributed by atoms with Gasteiger partial charge in [0.15, 0.2) is 11.5 Å². The van der Waals surface area contributed by atoms with Gasteiger partial charge in [0, 0.05) is 27.3 Å². The van der Waals surface area contributed by atoms with Crippen LogP contribution in [0.2, 0.25) is 5.02 Å². The van der Waals surface area contributed by atoms with E-state index in [0.29, 0.717) is 44.2 Å². The predicted molar refractivity (Wildman–Crippen MR) is 177 cm³/mol. The number of ketones is 3. The summed E-state index contributed by atoms with van der Waals surface area (Å²) in [7, 11) is 0. The number of rotatable bonds is 9. The maximum atomic E-state index is 14.4. The Labute approximate surface area is 266 Å². The lowest BCUT2D eigenvalue weighted by Gasteiger charge is -2.30. The van der Waals surface area contributed by atoms with E-state index in [1.165, 1.54) is 0 Å². The second kappa shape index (κ2) is 12.7. The van der Waals surface area contributed by atoms with Crippen LogP contribution in [0.15, 0.2) is 156 Å². The average Bonchev–Trinajstić information content (AvgIpc) is 3.40. The lowest BCUT2D eigenvalue weighted by atomic mass is 9.80. The van der Waals surface area contributed by atoms with Gasteiger partial charge in [-0.25, -0.2) is 4.99 Å². The molecule has 220 valence electrons. The van der Waals surface area contributed by atoms with Gasteiger partial charge in [0.25, 0.3) is 0 Å². The van der Waals surface area contributed by atoms with Gasteiger partial charge in [0.05, 0.1) is 11.5 Å². The molecule has 5 nitrogen and oxygen atoms in total. The number of benzene rings is 5. The summed E-state index contributed by atoms with van der Waals surface area (Å²) in [6.07, 6.45) is 0. The van der Waals surface area contributed by atoms with E-state index >= 15 is 0 Å². The number of Topliss-reactive ketones (excluding diaryl/α,β-unsaturated/α-hetero) is 3. The van der Waals surface area contributed by atoms with E-state index in [-0.39, 0.29) is 11.5 Å². The van der Waals surface area contributed by atoms with Crippen LogP contribution in [0.1, 0.15) is 55.0 Å². The van der Waals surface area contributed by atoms with Crippen molar-refractivity contribution in [3.8, 4) is 0 Å². The molecule has 0 unspecified atom stereocenters. The molecule has 0 saturated heterocycles. The van der Waals surface area contributed by atoms with E-state index in [9.17, 15) is 14.4 Å². The molecule has 0 aliphatic carbocycles. The Morgan fingerprint density at radius 2 is 1.07 bits per heavy atom. The Morgan fingerprint density at radius 3 is 1.58 bits per heavy atom. The summed E-state index contributed by atoms with van der Waals surface area (Å²) in [6, 6.07) is 42.4. The fourth-order valence-corrected chi connectivity index (χ4v) is 5.87. The van der Waals surface area contributed by atoms with Gasteiger partial charge < -0.3 is 4.74 Å². The highest BCUT2D eigenvalue weighted by Gasteiger charge is 2.52. The lowest BCUT2D eigenvalue weighted by Crippen LogP contribution is -2.36. The van der Waals surface area contributed by atoms with Crippen LogP contribution < -0.4 is 0 Å². The zero-order valence-corrected chi connectivity index (χ0v) is 25.1. The van der Waals surface area contributed by atoms with E-state index in [4.69, 9.17) is 21.3 Å². The molecule has 0 fully saturated rings. The van der Waals surface area contributed by atoms with Gasteiger partial charge in [-0.3, -0.25) is 14.4 Å². The number of hydrogen-bond donors (Lipinski definition) is 0. The van der Waals surface area contributed by atoms with Crippen molar-refractivity contribution in [1.82, 2.24) is 0 Å². The predicted octanol–water partition coefficient (Wildman–Crippen LogP) is 8.67. The molecule has 0 bridgehead atoms. The quantitative estimate of drug-likeness (QED) is 0.0952. The highest BCUT2D eigenvalue weighted by Crippen LogP contribution is 2.52. The summed E-state index contributed by atoms with van der Waals surface area (Å²) in [6.45, 7) is 1.69. The Morgan fingerprint density at radius 1 is 0.622 bits per heavy atom. The number of carbonyl (C=O) groups is 3. The Hall–Kier alpha value is -5.39. The van der Waals surface area contributed by atoms with Crippen molar-refractivity contribution in [1.29, 1.82) is 0 Å². The highest BCUT2D eigenvalue weighted by molar-refractivity contribution is 6.72. The minimum Gasteiger partial charge on any atom is -0.464 e. The molecule has 0 amide bonds. The van der Waals surface area contributed by atoms with Gasteiger partial charge in [-0.1, -0.05) is 151 Å². The van der Waals surface area contributed by atoms with Crippen LogP contribution in [0.25, 0.3) is 5.76 Å². The van der Waals surface area contributed by atoms with E-state index in [2.05, 4.69) is 0 Å². The second-order valence-electron chi connectivity index (χ2n) is 10.8. The standard InChI is InChI=1S/C39H28ClNO4/c1-39(41-34(36(43)27-18-8-3-9-19-27)37(44)28-20-10-4-11-21-28)33(30-24-14-15-25-31(30)40)32(35(42)26-16-6-2-7-17-26)38(45-39)29-22-12-5-13-23-29/h2-25,33H,1H3/t33-,39-/m1/s1. The number of ether oxygens (including phenoxy) is 1. The molecule has 6 rings (SSSR count). The van der Waals surface area contributed by atoms with Crippen molar-refractivity contribution in [2.45, 2.75) is 18.6 Å². The third-order valence-electron chi connectivity index (χ3n) is 7.75. The van der Waals surface area contributed by atoms with Gasteiger partial charge in [-0.15, -0.1) is 0 Å². The van der Waals surface area contributed by atoms with Gasteiger partial charge >= 0.3 is 0 Å². The summed E-state index contributed by atoms with van der Waals surface area (Å²) < 4.78 is 6.72. The largest absolute Gasteiger partial charge is 0.464 e. The Balaban J connectivity index is 1.62. The first-order chi connectivity index (χ1) is 21.9. The van der Waals surface area contributed by atoms with Crippen LogP contribution in [-0.2, 0) is 4.74 Å². The third kappa shape index (κ3) is 5.91. The van der Waals surface area contributed by atoms with Crippen molar-refractivity contribution in [2.24, 2.45) is 4.99 Å². The van der Waals surface area contributed by atoms with Crippen LogP contribution in [0.4, 0.5) is 0 Å². The Bertz CT molecular complexity index is 1880. The number of aliphatic imine (C=N–C) groups is 1. The first-order valence-electron chi connectivity index (χ1n) is 14.5. The number of carbonyl (C=O) groups excluding carboxylic acids is 3. The summed E-state index contributed by atoms with van der Waals surface area (Å²) >= 11 is 6.82. The summed E-state index contributed by atoms with van der Waals surface area (Å²) in [5, 5.41) is 0.394. The maximum absolute atomic E-state index is 14.4. The van der Waals surface area contributed by atoms with E-state index in [1.54, 1.807) is 104 Å². The average molecular weight is 610 g/mol. The third-order valence-corrected chi connectivity index (χ3v) is 8.09. The molecule has 2 atom stereocenters. The van der Waals surface area contributed by atoms with Crippen molar-refractivity contribution in [2.75, 3.05) is 0 Å². The van der Waals surface area contributed by atoms with E-state index in [0.717, 1.165) is 0 Å². The van der Waals surface area contributed by atoms with Gasteiger partial charge in [-0.2, -0.15) is 0 Å². The number of nitrogens with zero attached hydrogens (tertiary/aromatic N) is 1. The Kier molecular flexibility index (Phi) is 8.37. The van der Waals surface area contributed by atoms with E-state index < -0.39 is 23.2 Å². The molecule has 1 heterocycles. The van der Waals surface area contributed by atoms with Gasteiger partial charge in [0.2, 0.25) is 17.3 Å².